The zero-order valence-corrected chi connectivity index (χ0v) is 9.01. The van der Waals surface area contributed by atoms with E-state index in [0.717, 1.165) is 19.4 Å². The summed E-state index contributed by atoms with van der Waals surface area (Å²) in [5.74, 6) is 0.137. The van der Waals surface area contributed by atoms with E-state index in [4.69, 9.17) is 5.11 Å². The Labute approximate surface area is 85.9 Å². The highest BCUT2D eigenvalue weighted by atomic mass is 16.2. The van der Waals surface area contributed by atoms with Gasteiger partial charge < -0.3 is 10.4 Å². The van der Waals surface area contributed by atoms with Crippen molar-refractivity contribution in [1.29, 1.82) is 0 Å². The molecule has 0 heterocycles. The van der Waals surface area contributed by atoms with Crippen LogP contribution >= 0.6 is 0 Å². The number of amides is 1. The van der Waals surface area contributed by atoms with Crippen molar-refractivity contribution >= 4 is 5.91 Å². The van der Waals surface area contributed by atoms with E-state index < -0.39 is 0 Å². The average molecular weight is 199 g/mol. The van der Waals surface area contributed by atoms with Gasteiger partial charge >= 0.3 is 0 Å². The Morgan fingerprint density at radius 3 is 2.64 bits per heavy atom. The lowest BCUT2D eigenvalue weighted by molar-refractivity contribution is -0.121. The molecule has 1 saturated carbocycles. The Hall–Kier alpha value is -0.570. The molecule has 3 heteroatoms. The van der Waals surface area contributed by atoms with E-state index in [-0.39, 0.29) is 12.5 Å². The van der Waals surface area contributed by atoms with Crippen LogP contribution in [0.15, 0.2) is 0 Å². The number of aliphatic hydroxyl groups excluding tert-OH is 1. The fourth-order valence-electron chi connectivity index (χ4n) is 1.60. The van der Waals surface area contributed by atoms with Crippen molar-refractivity contribution in [2.24, 2.45) is 5.41 Å². The van der Waals surface area contributed by atoms with Crippen LogP contribution in [-0.4, -0.2) is 24.2 Å². The maximum Gasteiger partial charge on any atom is 0.220 e. The highest BCUT2D eigenvalue weighted by Gasteiger charge is 2.40. The normalized spacial score (nSPS) is 17.9. The average Bonchev–Trinajstić information content (AvgIpc) is 2.96. The smallest absolute Gasteiger partial charge is 0.220 e. The van der Waals surface area contributed by atoms with Crippen LogP contribution in [0.1, 0.15) is 45.4 Å². The summed E-state index contributed by atoms with van der Waals surface area (Å²) in [6.07, 6.45) is 5.78. The topological polar surface area (TPSA) is 49.3 Å². The van der Waals surface area contributed by atoms with Crippen LogP contribution in [0.25, 0.3) is 0 Å². The third-order valence-electron chi connectivity index (χ3n) is 3.18. The second-order valence-electron chi connectivity index (χ2n) is 4.31. The Balaban J connectivity index is 2.03. The van der Waals surface area contributed by atoms with E-state index in [0.29, 0.717) is 11.8 Å². The molecule has 1 aliphatic carbocycles. The first kappa shape index (κ1) is 11.5. The summed E-state index contributed by atoms with van der Waals surface area (Å²) < 4.78 is 0. The lowest BCUT2D eigenvalue weighted by atomic mass is 10.0. The monoisotopic (exact) mass is 199 g/mol. The minimum absolute atomic E-state index is 0.137. The molecule has 0 aromatic carbocycles. The van der Waals surface area contributed by atoms with Gasteiger partial charge in [0.1, 0.15) is 0 Å². The molecule has 2 N–H and O–H groups in total. The molecule has 82 valence electrons. The molecule has 0 aromatic heterocycles. The third kappa shape index (κ3) is 3.66. The lowest BCUT2D eigenvalue weighted by Gasteiger charge is -2.13. The molecule has 1 amide bonds. The Bertz CT molecular complexity index is 188. The zero-order chi connectivity index (χ0) is 10.4. The van der Waals surface area contributed by atoms with Crippen LogP contribution in [0.4, 0.5) is 0 Å². The molecule has 0 saturated heterocycles. The van der Waals surface area contributed by atoms with Gasteiger partial charge in [0.2, 0.25) is 5.91 Å². The SMILES string of the molecule is CCC1(CNC(=O)CCCCO)CC1. The maximum absolute atomic E-state index is 11.3. The van der Waals surface area contributed by atoms with Gasteiger partial charge in [0.15, 0.2) is 0 Å². The molecule has 1 rings (SSSR count). The van der Waals surface area contributed by atoms with Crippen molar-refractivity contribution in [3.8, 4) is 0 Å². The zero-order valence-electron chi connectivity index (χ0n) is 9.01. The van der Waals surface area contributed by atoms with Gasteiger partial charge in [-0.15, -0.1) is 0 Å². The Morgan fingerprint density at radius 1 is 1.43 bits per heavy atom. The summed E-state index contributed by atoms with van der Waals surface area (Å²) in [5.41, 5.74) is 0.437. The van der Waals surface area contributed by atoms with Gasteiger partial charge in [0.25, 0.3) is 0 Å². The largest absolute Gasteiger partial charge is 0.396 e. The second kappa shape index (κ2) is 5.35. The Morgan fingerprint density at radius 2 is 2.14 bits per heavy atom. The van der Waals surface area contributed by atoms with E-state index >= 15 is 0 Å². The molecule has 1 fully saturated rings. The molecule has 0 aromatic rings. The van der Waals surface area contributed by atoms with Crippen LogP contribution in [0.2, 0.25) is 0 Å². The molecule has 0 spiro atoms. The van der Waals surface area contributed by atoms with E-state index in [9.17, 15) is 4.79 Å². The molecule has 14 heavy (non-hydrogen) atoms. The van der Waals surface area contributed by atoms with E-state index in [1.807, 2.05) is 0 Å². The quantitative estimate of drug-likeness (QED) is 0.610. The van der Waals surface area contributed by atoms with Crippen LogP contribution in [-0.2, 0) is 4.79 Å². The van der Waals surface area contributed by atoms with Crippen molar-refractivity contribution in [3.63, 3.8) is 0 Å². The number of aliphatic hydroxyl groups is 1. The van der Waals surface area contributed by atoms with E-state index in [2.05, 4.69) is 12.2 Å². The van der Waals surface area contributed by atoms with Crippen LogP contribution in [0.3, 0.4) is 0 Å². The van der Waals surface area contributed by atoms with Crippen molar-refractivity contribution in [1.82, 2.24) is 5.32 Å². The summed E-state index contributed by atoms with van der Waals surface area (Å²) in [6, 6.07) is 0. The van der Waals surface area contributed by atoms with Crippen LogP contribution in [0.5, 0.6) is 0 Å². The summed E-state index contributed by atoms with van der Waals surface area (Å²) in [7, 11) is 0. The molecular weight excluding hydrogens is 178 g/mol. The van der Waals surface area contributed by atoms with Gasteiger partial charge in [-0.05, 0) is 37.5 Å². The number of hydrogen-bond donors (Lipinski definition) is 2. The highest BCUT2D eigenvalue weighted by Crippen LogP contribution is 2.47. The molecule has 0 aliphatic heterocycles. The fourth-order valence-corrected chi connectivity index (χ4v) is 1.60. The first-order chi connectivity index (χ1) is 6.72. The molecule has 3 nitrogen and oxygen atoms in total. The minimum Gasteiger partial charge on any atom is -0.396 e. The van der Waals surface area contributed by atoms with E-state index in [1.165, 1.54) is 19.3 Å². The minimum atomic E-state index is 0.137. The van der Waals surface area contributed by atoms with E-state index in [1.54, 1.807) is 0 Å². The standard InChI is InChI=1S/C11H21NO2/c1-2-11(6-7-11)9-12-10(14)5-3-4-8-13/h13H,2-9H2,1H3,(H,12,14). The summed E-state index contributed by atoms with van der Waals surface area (Å²) in [6.45, 7) is 3.22. The van der Waals surface area contributed by atoms with Crippen molar-refractivity contribution < 1.29 is 9.90 Å². The van der Waals surface area contributed by atoms with Gasteiger partial charge in [0.05, 0.1) is 0 Å². The second-order valence-corrected chi connectivity index (χ2v) is 4.31. The first-order valence-electron chi connectivity index (χ1n) is 5.60. The van der Waals surface area contributed by atoms with Gasteiger partial charge in [-0.25, -0.2) is 0 Å². The van der Waals surface area contributed by atoms with Gasteiger partial charge in [-0.1, -0.05) is 6.92 Å². The number of carbonyl (C=O) groups is 1. The molecule has 0 radical (unpaired) electrons. The van der Waals surface area contributed by atoms with Crippen molar-refractivity contribution in [3.05, 3.63) is 0 Å². The summed E-state index contributed by atoms with van der Waals surface area (Å²) in [5, 5.41) is 11.5. The predicted octanol–water partition coefficient (Wildman–Crippen LogP) is 1.46. The number of carbonyl (C=O) groups excluding carboxylic acids is 1. The Kier molecular flexibility index (Phi) is 4.39. The lowest BCUT2D eigenvalue weighted by Crippen LogP contribution is -2.29. The molecule has 0 atom stereocenters. The first-order valence-corrected chi connectivity index (χ1v) is 5.60. The maximum atomic E-state index is 11.3. The summed E-state index contributed by atoms with van der Waals surface area (Å²) in [4.78, 5) is 11.3. The third-order valence-corrected chi connectivity index (χ3v) is 3.18. The molecule has 0 bridgehead atoms. The van der Waals surface area contributed by atoms with Gasteiger partial charge in [-0.2, -0.15) is 0 Å². The predicted molar refractivity (Wildman–Crippen MR) is 55.9 cm³/mol. The highest BCUT2D eigenvalue weighted by molar-refractivity contribution is 5.75. The van der Waals surface area contributed by atoms with Gasteiger partial charge in [-0.3, -0.25) is 4.79 Å². The fraction of sp³-hybridized carbons (Fsp3) is 0.909. The number of unbranched alkanes of at least 4 members (excludes halogenated alkanes) is 1. The molecule has 1 aliphatic rings. The molecule has 0 unspecified atom stereocenters. The molecular formula is C11H21NO2. The van der Waals surface area contributed by atoms with Crippen molar-refractivity contribution in [2.75, 3.05) is 13.2 Å². The number of rotatable bonds is 7. The number of nitrogens with one attached hydrogen (secondary N) is 1. The van der Waals surface area contributed by atoms with Crippen LogP contribution in [0, 0.1) is 5.41 Å². The summed E-state index contributed by atoms with van der Waals surface area (Å²) >= 11 is 0. The van der Waals surface area contributed by atoms with Gasteiger partial charge in [0, 0.05) is 19.6 Å². The number of hydrogen-bond acceptors (Lipinski definition) is 2. The van der Waals surface area contributed by atoms with Crippen molar-refractivity contribution in [2.45, 2.75) is 45.4 Å². The van der Waals surface area contributed by atoms with Crippen LogP contribution < -0.4 is 5.32 Å².